The van der Waals surface area contributed by atoms with Gasteiger partial charge >= 0.3 is 0 Å². The molecule has 0 unspecified atom stereocenters. The molecule has 2 aromatic carbocycles. The molecule has 0 saturated carbocycles. The van der Waals surface area contributed by atoms with Crippen molar-refractivity contribution in [1.29, 1.82) is 0 Å². The fourth-order valence-electron chi connectivity index (χ4n) is 3.28. The molecular formula is C21H25Cl2N2O2+. The molecule has 27 heavy (non-hydrogen) atoms. The number of carbonyl (C=O) groups excluding carboxylic acids is 1. The second-order valence-corrected chi connectivity index (χ2v) is 7.84. The lowest BCUT2D eigenvalue weighted by atomic mass is 10.0. The molecule has 1 saturated heterocycles. The van der Waals surface area contributed by atoms with E-state index in [4.69, 9.17) is 27.9 Å². The molecule has 2 N–H and O–H groups in total. The molecule has 1 aliphatic heterocycles. The third kappa shape index (κ3) is 5.94. The number of rotatable bonds is 6. The average Bonchev–Trinajstić information content (AvgIpc) is 2.66. The quantitative estimate of drug-likeness (QED) is 0.772. The predicted octanol–water partition coefficient (Wildman–Crippen LogP) is 2.62. The summed E-state index contributed by atoms with van der Waals surface area (Å²) in [7, 11) is 0. The molecule has 6 heteroatoms. The molecule has 3 rings (SSSR count). The Hall–Kier alpha value is -1.59. The Morgan fingerprint density at radius 3 is 2.48 bits per heavy atom. The number of benzene rings is 2. The summed E-state index contributed by atoms with van der Waals surface area (Å²) in [5, 5.41) is 4.17. The lowest BCUT2D eigenvalue weighted by Gasteiger charge is -2.28. The van der Waals surface area contributed by atoms with Crippen molar-refractivity contribution in [3.05, 3.63) is 69.2 Å². The largest absolute Gasteiger partial charge is 0.370 e. The first-order valence-electron chi connectivity index (χ1n) is 9.22. The molecule has 1 aliphatic rings. The second-order valence-electron chi connectivity index (χ2n) is 7.02. The van der Waals surface area contributed by atoms with Crippen molar-refractivity contribution in [2.24, 2.45) is 0 Å². The van der Waals surface area contributed by atoms with Crippen molar-refractivity contribution in [1.82, 2.24) is 5.32 Å². The summed E-state index contributed by atoms with van der Waals surface area (Å²) in [5.74, 6) is -0.0216. The summed E-state index contributed by atoms with van der Waals surface area (Å²) >= 11 is 12.0. The molecule has 2 aromatic rings. The number of ether oxygens (including phenoxy) is 1. The zero-order chi connectivity index (χ0) is 19.2. The molecule has 4 nitrogen and oxygen atoms in total. The van der Waals surface area contributed by atoms with Crippen LogP contribution in [0.3, 0.4) is 0 Å². The summed E-state index contributed by atoms with van der Waals surface area (Å²) in [4.78, 5) is 14.1. The maximum atomic E-state index is 12.7. The lowest BCUT2D eigenvalue weighted by molar-refractivity contribution is -0.909. The van der Waals surface area contributed by atoms with Crippen LogP contribution < -0.4 is 10.2 Å². The van der Waals surface area contributed by atoms with Crippen LogP contribution in [0.4, 0.5) is 0 Å². The summed E-state index contributed by atoms with van der Waals surface area (Å²) in [5.41, 5.74) is 3.18. The van der Waals surface area contributed by atoms with Gasteiger partial charge in [0.2, 0.25) is 5.91 Å². The number of carbonyl (C=O) groups is 1. The minimum Gasteiger partial charge on any atom is -0.370 e. The molecule has 0 spiro atoms. The minimum absolute atomic E-state index is 0.0216. The molecule has 1 heterocycles. The molecule has 0 aliphatic carbocycles. The van der Waals surface area contributed by atoms with Crippen LogP contribution in [0.15, 0.2) is 42.5 Å². The van der Waals surface area contributed by atoms with Gasteiger partial charge < -0.3 is 15.0 Å². The van der Waals surface area contributed by atoms with Crippen LogP contribution in [0.1, 0.15) is 22.7 Å². The number of hydrogen-bond donors (Lipinski definition) is 2. The van der Waals surface area contributed by atoms with Crippen molar-refractivity contribution < 1.29 is 14.4 Å². The van der Waals surface area contributed by atoms with Gasteiger partial charge in [-0.15, -0.1) is 0 Å². The average molecular weight is 408 g/mol. The van der Waals surface area contributed by atoms with E-state index in [0.717, 1.165) is 44.0 Å². The Kier molecular flexibility index (Phi) is 7.13. The second kappa shape index (κ2) is 9.56. The monoisotopic (exact) mass is 407 g/mol. The van der Waals surface area contributed by atoms with Crippen LogP contribution in [-0.2, 0) is 16.0 Å². The van der Waals surface area contributed by atoms with Crippen molar-refractivity contribution in [3.8, 4) is 0 Å². The summed E-state index contributed by atoms with van der Waals surface area (Å²) in [6.45, 7) is 6.38. The van der Waals surface area contributed by atoms with Crippen LogP contribution in [-0.4, -0.2) is 38.8 Å². The highest BCUT2D eigenvalue weighted by Gasteiger charge is 2.23. The SMILES string of the molecule is Cc1ccc([C@H](C[NH+]2CCOCC2)NC(=O)Cc2ccc(Cl)c(Cl)c2)cc1. The summed E-state index contributed by atoms with van der Waals surface area (Å²) in [6.07, 6.45) is 0.275. The molecular weight excluding hydrogens is 383 g/mol. The van der Waals surface area contributed by atoms with E-state index >= 15 is 0 Å². The van der Waals surface area contributed by atoms with E-state index in [1.807, 2.05) is 6.07 Å². The highest BCUT2D eigenvalue weighted by atomic mass is 35.5. The van der Waals surface area contributed by atoms with E-state index in [2.05, 4.69) is 36.5 Å². The smallest absolute Gasteiger partial charge is 0.225 e. The fourth-order valence-corrected chi connectivity index (χ4v) is 3.60. The Morgan fingerprint density at radius 2 is 1.81 bits per heavy atom. The van der Waals surface area contributed by atoms with Gasteiger partial charge in [0.15, 0.2) is 0 Å². The first kappa shape index (κ1) is 20.2. The van der Waals surface area contributed by atoms with Crippen molar-refractivity contribution in [3.63, 3.8) is 0 Å². The topological polar surface area (TPSA) is 42.8 Å². The number of quaternary nitrogens is 1. The van der Waals surface area contributed by atoms with Gasteiger partial charge in [-0.3, -0.25) is 4.79 Å². The van der Waals surface area contributed by atoms with E-state index in [-0.39, 0.29) is 18.4 Å². The van der Waals surface area contributed by atoms with E-state index in [9.17, 15) is 4.79 Å². The molecule has 0 bridgehead atoms. The Bertz CT molecular complexity index is 774. The van der Waals surface area contributed by atoms with Crippen LogP contribution in [0, 0.1) is 6.92 Å². The van der Waals surface area contributed by atoms with Crippen LogP contribution in [0.2, 0.25) is 10.0 Å². The van der Waals surface area contributed by atoms with Crippen LogP contribution in [0.25, 0.3) is 0 Å². The third-order valence-corrected chi connectivity index (χ3v) is 5.60. The molecule has 1 amide bonds. The number of aryl methyl sites for hydroxylation is 1. The minimum atomic E-state index is -0.0334. The Morgan fingerprint density at radius 1 is 1.11 bits per heavy atom. The zero-order valence-electron chi connectivity index (χ0n) is 15.4. The van der Waals surface area contributed by atoms with Gasteiger partial charge in [-0.25, -0.2) is 0 Å². The normalized spacial score (nSPS) is 16.1. The Labute approximate surface area is 170 Å². The third-order valence-electron chi connectivity index (χ3n) is 4.86. The number of nitrogens with one attached hydrogen (secondary N) is 2. The van der Waals surface area contributed by atoms with Gasteiger partial charge in [-0.2, -0.15) is 0 Å². The number of morpholine rings is 1. The van der Waals surface area contributed by atoms with Gasteiger partial charge in [-0.05, 0) is 30.2 Å². The van der Waals surface area contributed by atoms with E-state index in [1.165, 1.54) is 10.5 Å². The maximum Gasteiger partial charge on any atom is 0.225 e. The maximum absolute atomic E-state index is 12.7. The Balaban J connectivity index is 1.70. The van der Waals surface area contributed by atoms with Gasteiger partial charge in [0.1, 0.15) is 25.7 Å². The van der Waals surface area contributed by atoms with Gasteiger partial charge in [-0.1, -0.05) is 59.1 Å². The van der Waals surface area contributed by atoms with Crippen molar-refractivity contribution >= 4 is 29.1 Å². The van der Waals surface area contributed by atoms with Gasteiger partial charge in [0.25, 0.3) is 0 Å². The highest BCUT2D eigenvalue weighted by Crippen LogP contribution is 2.23. The number of amides is 1. The lowest BCUT2D eigenvalue weighted by Crippen LogP contribution is -3.14. The van der Waals surface area contributed by atoms with Gasteiger partial charge in [0.05, 0.1) is 29.7 Å². The first-order valence-corrected chi connectivity index (χ1v) is 9.98. The summed E-state index contributed by atoms with van der Waals surface area (Å²) in [6, 6.07) is 13.6. The van der Waals surface area contributed by atoms with Crippen LogP contribution >= 0.6 is 23.2 Å². The van der Waals surface area contributed by atoms with Crippen molar-refractivity contribution in [2.45, 2.75) is 19.4 Å². The predicted molar refractivity (Wildman–Crippen MR) is 109 cm³/mol. The van der Waals surface area contributed by atoms with E-state index in [0.29, 0.717) is 10.0 Å². The standard InChI is InChI=1S/C21H24Cl2N2O2/c1-15-2-5-17(6-3-15)20(14-25-8-10-27-11-9-25)24-21(26)13-16-4-7-18(22)19(23)12-16/h2-7,12,20H,8-11,13-14H2,1H3,(H,24,26)/p+1/t20-/m0/s1. The first-order chi connectivity index (χ1) is 13.0. The molecule has 1 atom stereocenters. The zero-order valence-corrected chi connectivity index (χ0v) is 16.9. The fraction of sp³-hybridized carbons (Fsp3) is 0.381. The van der Waals surface area contributed by atoms with Gasteiger partial charge in [0, 0.05) is 0 Å². The van der Waals surface area contributed by atoms with E-state index < -0.39 is 0 Å². The summed E-state index contributed by atoms with van der Waals surface area (Å²) < 4.78 is 5.45. The van der Waals surface area contributed by atoms with Crippen LogP contribution in [0.5, 0.6) is 0 Å². The molecule has 1 fully saturated rings. The van der Waals surface area contributed by atoms with E-state index in [1.54, 1.807) is 12.1 Å². The molecule has 0 aromatic heterocycles. The molecule has 144 valence electrons. The number of halogens is 2. The van der Waals surface area contributed by atoms with Crippen molar-refractivity contribution in [2.75, 3.05) is 32.8 Å². The molecule has 0 radical (unpaired) electrons. The number of hydrogen-bond acceptors (Lipinski definition) is 2. The highest BCUT2D eigenvalue weighted by molar-refractivity contribution is 6.42.